The summed E-state index contributed by atoms with van der Waals surface area (Å²) in [5.41, 5.74) is 0. The second-order valence-corrected chi connectivity index (χ2v) is 19.3. The van der Waals surface area contributed by atoms with Gasteiger partial charge in [0.15, 0.2) is 0 Å². The SMILES string of the molecule is CCCCC/C=C\C=C/CCCCCCC(O)CC(=O)NC(COP(=O)(O)OC1C(O)C(O)C(O)C(O)C1O)C(O)/C=C/CC/C=C/CCCCCCCCCCCCCCCCC. The van der Waals surface area contributed by atoms with Crippen LogP contribution in [0.4, 0.5) is 0 Å². The number of rotatable bonds is 41. The summed E-state index contributed by atoms with van der Waals surface area (Å²) in [7, 11) is -5.16. The van der Waals surface area contributed by atoms with Gasteiger partial charge in [-0.2, -0.15) is 0 Å². The van der Waals surface area contributed by atoms with Crippen LogP contribution >= 0.6 is 7.82 Å². The minimum absolute atomic E-state index is 0.268. The number of nitrogens with one attached hydrogen (secondary N) is 1. The Labute approximate surface area is 387 Å². The second-order valence-electron chi connectivity index (χ2n) is 17.9. The van der Waals surface area contributed by atoms with Gasteiger partial charge in [0.05, 0.1) is 31.3 Å². The van der Waals surface area contributed by atoms with Gasteiger partial charge in [0.25, 0.3) is 0 Å². The molecule has 1 amide bonds. The fraction of sp³-hybridized carbons (Fsp3) is 0.820. The molecule has 0 saturated heterocycles. The van der Waals surface area contributed by atoms with E-state index in [1.165, 1.54) is 115 Å². The van der Waals surface area contributed by atoms with Gasteiger partial charge in [-0.1, -0.05) is 184 Å². The van der Waals surface area contributed by atoms with E-state index in [9.17, 15) is 50.0 Å². The van der Waals surface area contributed by atoms with Crippen molar-refractivity contribution < 1.29 is 59.0 Å². The number of aliphatic hydroxyl groups is 7. The first-order valence-electron chi connectivity index (χ1n) is 25.2. The van der Waals surface area contributed by atoms with E-state index in [4.69, 9.17) is 9.05 Å². The summed E-state index contributed by atoms with van der Waals surface area (Å²) < 4.78 is 22.9. The Bertz CT molecular complexity index is 1280. The summed E-state index contributed by atoms with van der Waals surface area (Å²) in [5, 5.41) is 74.5. The Morgan fingerprint density at radius 1 is 0.562 bits per heavy atom. The maximum absolute atomic E-state index is 13.0. The van der Waals surface area contributed by atoms with Crippen LogP contribution in [0.5, 0.6) is 0 Å². The zero-order chi connectivity index (χ0) is 47.3. The molecule has 8 atom stereocenters. The molecular weight excluding hydrogens is 838 g/mol. The number of hydrogen-bond acceptors (Lipinski definition) is 11. The average Bonchev–Trinajstić information content (AvgIpc) is 3.27. The third kappa shape index (κ3) is 30.5. The van der Waals surface area contributed by atoms with Gasteiger partial charge in [0.2, 0.25) is 5.91 Å². The fourth-order valence-electron chi connectivity index (χ4n) is 7.78. The Balaban J connectivity index is 2.54. The van der Waals surface area contributed by atoms with Crippen LogP contribution in [0.3, 0.4) is 0 Å². The Hall–Kier alpha value is -1.74. The third-order valence-corrected chi connectivity index (χ3v) is 12.9. The van der Waals surface area contributed by atoms with Crippen LogP contribution in [0, 0.1) is 0 Å². The van der Waals surface area contributed by atoms with E-state index in [1.54, 1.807) is 6.08 Å². The van der Waals surface area contributed by atoms with E-state index in [1.807, 2.05) is 0 Å². The van der Waals surface area contributed by atoms with Crippen LogP contribution in [-0.4, -0.2) is 108 Å². The number of phosphoric ester groups is 1. The van der Waals surface area contributed by atoms with Crippen LogP contribution in [0.25, 0.3) is 0 Å². The summed E-state index contributed by atoms with van der Waals surface area (Å²) in [5.74, 6) is -0.616. The van der Waals surface area contributed by atoms with Crippen molar-refractivity contribution in [1.82, 2.24) is 5.32 Å². The maximum Gasteiger partial charge on any atom is 0.472 e. The van der Waals surface area contributed by atoms with Crippen molar-refractivity contribution in [2.45, 2.75) is 255 Å². The number of aliphatic hydroxyl groups excluding tert-OH is 7. The number of carbonyl (C=O) groups excluding carboxylic acids is 1. The van der Waals surface area contributed by atoms with Gasteiger partial charge < -0.3 is 46.0 Å². The first-order chi connectivity index (χ1) is 30.8. The summed E-state index contributed by atoms with van der Waals surface area (Å²) in [6.45, 7) is 3.70. The van der Waals surface area contributed by atoms with Gasteiger partial charge in [0.1, 0.15) is 36.6 Å². The monoisotopic (exact) mass is 930 g/mol. The molecule has 64 heavy (non-hydrogen) atoms. The first-order valence-corrected chi connectivity index (χ1v) is 26.7. The average molecular weight is 930 g/mol. The molecule has 1 aliphatic carbocycles. The molecule has 9 N–H and O–H groups in total. The quantitative estimate of drug-likeness (QED) is 0.0121. The summed E-state index contributed by atoms with van der Waals surface area (Å²) in [4.78, 5) is 23.5. The molecule has 1 fully saturated rings. The van der Waals surface area contributed by atoms with Crippen LogP contribution in [0.2, 0.25) is 0 Å². The molecule has 13 nitrogen and oxygen atoms in total. The molecule has 0 aromatic rings. The predicted octanol–water partition coefficient (Wildman–Crippen LogP) is 9.09. The fourth-order valence-corrected chi connectivity index (χ4v) is 8.74. The molecule has 0 heterocycles. The van der Waals surface area contributed by atoms with Crippen LogP contribution in [0.1, 0.15) is 200 Å². The lowest BCUT2D eigenvalue weighted by atomic mass is 9.85. The Morgan fingerprint density at radius 3 is 1.50 bits per heavy atom. The molecule has 1 saturated carbocycles. The molecule has 0 aromatic heterocycles. The number of allylic oxidation sites excluding steroid dienone is 7. The van der Waals surface area contributed by atoms with Crippen molar-refractivity contribution in [2.75, 3.05) is 6.61 Å². The van der Waals surface area contributed by atoms with Gasteiger partial charge in [0, 0.05) is 0 Å². The van der Waals surface area contributed by atoms with Crippen LogP contribution < -0.4 is 5.32 Å². The van der Waals surface area contributed by atoms with Gasteiger partial charge in [-0.3, -0.25) is 13.8 Å². The van der Waals surface area contributed by atoms with Crippen LogP contribution in [-0.2, 0) is 18.4 Å². The van der Waals surface area contributed by atoms with Crippen molar-refractivity contribution in [2.24, 2.45) is 0 Å². The smallest absolute Gasteiger partial charge is 0.393 e. The van der Waals surface area contributed by atoms with E-state index in [0.29, 0.717) is 12.8 Å². The van der Waals surface area contributed by atoms with Crippen LogP contribution in [0.15, 0.2) is 48.6 Å². The molecule has 8 unspecified atom stereocenters. The molecule has 0 spiro atoms. The lowest BCUT2D eigenvalue weighted by molar-refractivity contribution is -0.220. The Morgan fingerprint density at radius 2 is 0.969 bits per heavy atom. The lowest BCUT2D eigenvalue weighted by Gasteiger charge is -2.41. The Kier molecular flexibility index (Phi) is 37.0. The first kappa shape index (κ1) is 60.3. The molecule has 1 rings (SSSR count). The zero-order valence-corrected chi connectivity index (χ0v) is 40.6. The van der Waals surface area contributed by atoms with Crippen molar-refractivity contribution in [1.29, 1.82) is 0 Å². The van der Waals surface area contributed by atoms with E-state index >= 15 is 0 Å². The van der Waals surface area contributed by atoms with E-state index < -0.39 is 75.2 Å². The molecule has 0 aliphatic heterocycles. The summed E-state index contributed by atoms with van der Waals surface area (Å²) in [6, 6.07) is -1.26. The third-order valence-electron chi connectivity index (χ3n) is 11.9. The van der Waals surface area contributed by atoms with E-state index in [2.05, 4.69) is 55.6 Å². The zero-order valence-electron chi connectivity index (χ0n) is 39.7. The molecule has 0 aromatic carbocycles. The molecule has 14 heteroatoms. The molecule has 0 bridgehead atoms. The standard InChI is InChI=1S/C50H92NO12P/c1-3-5-7-9-11-13-15-17-18-19-20-21-22-23-24-26-28-30-32-34-36-38-43(53)42(40-62-64(60,61)63-50-48(58)46(56)45(55)47(57)49(50)59)51-44(54)39-41(52)37-35-33-31-29-27-25-16-14-12-10-8-6-4-2/h12,14,16,25,28,30,36,38,41-43,45-50,52-53,55-59H,3-11,13,15,17-24,26-27,29,31-35,37,39-40H2,1-2H3,(H,51,54)(H,60,61)/b14-12-,25-16-,30-28+,38-36+. The number of carbonyl (C=O) groups is 1. The van der Waals surface area contributed by atoms with Gasteiger partial charge >= 0.3 is 7.82 Å². The number of amides is 1. The predicted molar refractivity (Wildman–Crippen MR) is 256 cm³/mol. The van der Waals surface area contributed by atoms with Gasteiger partial charge in [-0.15, -0.1) is 0 Å². The van der Waals surface area contributed by atoms with Crippen molar-refractivity contribution in [3.05, 3.63) is 48.6 Å². The number of hydrogen-bond donors (Lipinski definition) is 9. The minimum atomic E-state index is -5.16. The molecular formula is C50H92NO12P. The highest BCUT2D eigenvalue weighted by Crippen LogP contribution is 2.47. The topological polar surface area (TPSA) is 226 Å². The molecule has 374 valence electrons. The summed E-state index contributed by atoms with van der Waals surface area (Å²) in [6.07, 6.45) is 33.4. The van der Waals surface area contributed by atoms with Gasteiger partial charge in [-0.25, -0.2) is 4.57 Å². The second kappa shape index (κ2) is 39.3. The number of phosphoric acid groups is 1. The number of unbranched alkanes of at least 4 members (excludes halogenated alkanes) is 23. The minimum Gasteiger partial charge on any atom is -0.393 e. The summed E-state index contributed by atoms with van der Waals surface area (Å²) >= 11 is 0. The normalized spacial score (nSPS) is 23.1. The lowest BCUT2D eigenvalue weighted by Crippen LogP contribution is -2.64. The van der Waals surface area contributed by atoms with E-state index in [0.717, 1.165) is 57.8 Å². The highest BCUT2D eigenvalue weighted by molar-refractivity contribution is 7.47. The van der Waals surface area contributed by atoms with Crippen molar-refractivity contribution in [3.63, 3.8) is 0 Å². The largest absolute Gasteiger partial charge is 0.472 e. The highest BCUT2D eigenvalue weighted by atomic mass is 31.2. The molecule has 1 aliphatic rings. The maximum atomic E-state index is 13.0. The van der Waals surface area contributed by atoms with Crippen molar-refractivity contribution in [3.8, 4) is 0 Å². The van der Waals surface area contributed by atoms with Gasteiger partial charge in [-0.05, 0) is 57.8 Å². The molecule has 0 radical (unpaired) electrons. The highest BCUT2D eigenvalue weighted by Gasteiger charge is 2.51. The van der Waals surface area contributed by atoms with E-state index in [-0.39, 0.29) is 6.42 Å². The van der Waals surface area contributed by atoms with Crippen molar-refractivity contribution >= 4 is 13.7 Å².